The maximum absolute atomic E-state index is 13.7. The van der Waals surface area contributed by atoms with Gasteiger partial charge in [-0.05, 0) is 85.7 Å². The van der Waals surface area contributed by atoms with Crippen LogP contribution in [0.4, 0.5) is 10.1 Å². The first-order valence-corrected chi connectivity index (χ1v) is 13.9. The summed E-state index contributed by atoms with van der Waals surface area (Å²) in [5.74, 6) is 0.125. The fourth-order valence-corrected chi connectivity index (χ4v) is 5.67. The number of rotatable bonds is 8. The van der Waals surface area contributed by atoms with Crippen LogP contribution >= 0.6 is 23.4 Å². The number of aryl methyl sites for hydroxylation is 2. The molecule has 1 amide bonds. The number of para-hydroxylation sites is 1. The molecule has 0 saturated heterocycles. The quantitative estimate of drug-likeness (QED) is 0.113. The van der Waals surface area contributed by atoms with Crippen LogP contribution in [-0.4, -0.2) is 32.8 Å². The summed E-state index contributed by atoms with van der Waals surface area (Å²) < 4.78 is 15.2. The molecule has 0 bridgehead atoms. The summed E-state index contributed by atoms with van der Waals surface area (Å²) in [7, 11) is 0. The van der Waals surface area contributed by atoms with Crippen molar-refractivity contribution in [2.75, 3.05) is 11.1 Å². The summed E-state index contributed by atoms with van der Waals surface area (Å²) in [6, 6.07) is 17.5. The maximum Gasteiger partial charge on any atom is 0.290 e. The summed E-state index contributed by atoms with van der Waals surface area (Å²) in [5, 5.41) is 10.8. The Labute approximate surface area is 234 Å². The van der Waals surface area contributed by atoms with Gasteiger partial charge in [0.25, 0.3) is 12.0 Å². The molecule has 4 aromatic rings. The number of carbonyl (C=O) groups is 2. The first kappa shape index (κ1) is 28.3. The van der Waals surface area contributed by atoms with E-state index in [1.807, 2.05) is 12.1 Å². The van der Waals surface area contributed by atoms with Gasteiger partial charge in [-0.2, -0.15) is 0 Å². The maximum atomic E-state index is 13.7. The number of nitrogens with one attached hydrogen (secondary N) is 1. The number of benzene rings is 3. The fourth-order valence-electron chi connectivity index (χ4n) is 4.49. The molecule has 0 unspecified atom stereocenters. The average molecular weight is 568 g/mol. The van der Waals surface area contributed by atoms with E-state index in [2.05, 4.69) is 17.4 Å². The number of unbranched alkanes of at least 4 members (excludes halogenated alkanes) is 1. The van der Waals surface area contributed by atoms with Crippen LogP contribution in [0.1, 0.15) is 36.8 Å². The lowest BCUT2D eigenvalue weighted by Gasteiger charge is -2.13. The van der Waals surface area contributed by atoms with E-state index in [0.717, 1.165) is 24.9 Å². The van der Waals surface area contributed by atoms with Crippen LogP contribution in [0.25, 0.3) is 16.6 Å². The number of nitrogens with zero attached hydrogens (tertiary/aromatic N) is 2. The highest BCUT2D eigenvalue weighted by Crippen LogP contribution is 2.26. The number of anilines is 1. The predicted molar refractivity (Wildman–Crippen MR) is 153 cm³/mol. The van der Waals surface area contributed by atoms with Crippen LogP contribution in [0.3, 0.4) is 0 Å². The molecule has 1 aliphatic carbocycles. The molecule has 5 rings (SSSR count). The Kier molecular flexibility index (Phi) is 9.73. The topological polar surface area (TPSA) is 101 Å². The van der Waals surface area contributed by atoms with Gasteiger partial charge in [-0.15, -0.1) is 0 Å². The van der Waals surface area contributed by atoms with Crippen molar-refractivity contribution >= 4 is 52.3 Å². The number of amides is 1. The Bertz CT molecular complexity index is 1560. The minimum atomic E-state index is -0.547. The lowest BCUT2D eigenvalue weighted by molar-refractivity contribution is -0.123. The molecule has 10 heteroatoms. The standard InChI is InChI=1S/C28H25ClFN3O2S.CH2O2/c29-23-17-21(13-14-24(23)30)33-27(35)22-8-1-2-9-25(22)32-28(33)36-15-4-3-10-26(34)31-20-12-11-18-6-5-7-19(18)16-20;2-1-3/h1-2,8-9,11-14,16-17H,3-7,10,15H2,(H,31,34);1H,(H,2,3). The molecule has 1 aromatic heterocycles. The zero-order valence-corrected chi connectivity index (χ0v) is 22.6. The first-order valence-electron chi connectivity index (χ1n) is 12.5. The number of thioether (sulfide) groups is 1. The SMILES string of the molecule is O=C(CCCCSc1nc2ccccc2c(=O)n1-c1ccc(F)c(Cl)c1)Nc1ccc2c(c1)CCC2.O=CO. The van der Waals surface area contributed by atoms with Crippen LogP contribution in [0.15, 0.2) is 70.6 Å². The number of hydrogen-bond acceptors (Lipinski definition) is 5. The Morgan fingerprint density at radius 3 is 2.67 bits per heavy atom. The van der Waals surface area contributed by atoms with Gasteiger partial charge in [-0.1, -0.05) is 41.6 Å². The molecule has 202 valence electrons. The summed E-state index contributed by atoms with van der Waals surface area (Å²) in [4.78, 5) is 38.8. The summed E-state index contributed by atoms with van der Waals surface area (Å²) >= 11 is 7.43. The molecule has 0 fully saturated rings. The number of halogens is 2. The number of hydrogen-bond donors (Lipinski definition) is 2. The summed E-state index contributed by atoms with van der Waals surface area (Å²) in [6.07, 6.45) is 5.28. The molecule has 0 spiro atoms. The van der Waals surface area contributed by atoms with Gasteiger partial charge in [-0.3, -0.25) is 19.0 Å². The van der Waals surface area contributed by atoms with Crippen molar-refractivity contribution in [2.45, 2.75) is 43.7 Å². The van der Waals surface area contributed by atoms with Crippen LogP contribution in [-0.2, 0) is 22.4 Å². The van der Waals surface area contributed by atoms with E-state index in [1.165, 1.54) is 52.1 Å². The minimum absolute atomic E-state index is 0.000334. The normalized spacial score (nSPS) is 11.9. The van der Waals surface area contributed by atoms with Gasteiger partial charge in [0.1, 0.15) is 5.82 Å². The van der Waals surface area contributed by atoms with Gasteiger partial charge in [0.05, 0.1) is 21.6 Å². The van der Waals surface area contributed by atoms with E-state index < -0.39 is 5.82 Å². The van der Waals surface area contributed by atoms with Crippen molar-refractivity contribution < 1.29 is 19.1 Å². The Balaban J connectivity index is 0.00000112. The monoisotopic (exact) mass is 567 g/mol. The van der Waals surface area contributed by atoms with Crippen molar-refractivity contribution in [3.8, 4) is 5.69 Å². The van der Waals surface area contributed by atoms with E-state index in [9.17, 15) is 14.0 Å². The van der Waals surface area contributed by atoms with Gasteiger partial charge >= 0.3 is 0 Å². The second-order valence-electron chi connectivity index (χ2n) is 8.95. The Morgan fingerprint density at radius 1 is 1.10 bits per heavy atom. The Morgan fingerprint density at radius 2 is 1.87 bits per heavy atom. The smallest absolute Gasteiger partial charge is 0.290 e. The largest absolute Gasteiger partial charge is 0.483 e. The van der Waals surface area contributed by atoms with E-state index in [4.69, 9.17) is 26.5 Å². The van der Waals surface area contributed by atoms with Crippen molar-refractivity contribution in [1.29, 1.82) is 0 Å². The lowest BCUT2D eigenvalue weighted by Crippen LogP contribution is -2.22. The van der Waals surface area contributed by atoms with Gasteiger partial charge < -0.3 is 10.4 Å². The zero-order valence-electron chi connectivity index (χ0n) is 21.0. The third-order valence-electron chi connectivity index (χ3n) is 6.32. The molecule has 7 nitrogen and oxygen atoms in total. The Hall–Kier alpha value is -3.69. The molecule has 39 heavy (non-hydrogen) atoms. The molecule has 1 heterocycles. The van der Waals surface area contributed by atoms with E-state index in [0.29, 0.717) is 40.3 Å². The number of fused-ring (bicyclic) bond motifs is 2. The van der Waals surface area contributed by atoms with E-state index >= 15 is 0 Å². The van der Waals surface area contributed by atoms with Crippen LogP contribution in [0.2, 0.25) is 5.02 Å². The highest BCUT2D eigenvalue weighted by Gasteiger charge is 2.15. The second kappa shape index (κ2) is 13.4. The van der Waals surface area contributed by atoms with E-state index in [-0.39, 0.29) is 23.0 Å². The predicted octanol–water partition coefficient (Wildman–Crippen LogP) is 6.27. The number of aromatic nitrogens is 2. The van der Waals surface area contributed by atoms with Crippen LogP contribution in [0.5, 0.6) is 0 Å². The minimum Gasteiger partial charge on any atom is -0.483 e. The van der Waals surface area contributed by atoms with E-state index in [1.54, 1.807) is 18.2 Å². The molecule has 0 radical (unpaired) electrons. The van der Waals surface area contributed by atoms with Crippen molar-refractivity contribution in [2.24, 2.45) is 0 Å². The van der Waals surface area contributed by atoms with Crippen LogP contribution in [0, 0.1) is 5.82 Å². The molecule has 3 aromatic carbocycles. The highest BCUT2D eigenvalue weighted by molar-refractivity contribution is 7.99. The van der Waals surface area contributed by atoms with Crippen molar-refractivity contribution in [3.63, 3.8) is 0 Å². The molecule has 2 N–H and O–H groups in total. The third-order valence-corrected chi connectivity index (χ3v) is 7.63. The summed E-state index contributed by atoms with van der Waals surface area (Å²) in [5.41, 5.74) is 4.40. The molecule has 0 saturated carbocycles. The average Bonchev–Trinajstić information content (AvgIpc) is 3.39. The van der Waals surface area contributed by atoms with Gasteiger partial charge in [0.2, 0.25) is 5.91 Å². The molecule has 0 atom stereocenters. The molecular weight excluding hydrogens is 541 g/mol. The first-order chi connectivity index (χ1) is 18.9. The zero-order chi connectivity index (χ0) is 27.8. The van der Waals surface area contributed by atoms with Gasteiger partial charge in [0, 0.05) is 17.9 Å². The highest BCUT2D eigenvalue weighted by atomic mass is 35.5. The van der Waals surface area contributed by atoms with Crippen LogP contribution < -0.4 is 10.9 Å². The molecule has 1 aliphatic rings. The lowest BCUT2D eigenvalue weighted by atomic mass is 10.1. The van der Waals surface area contributed by atoms with Crippen molar-refractivity contribution in [1.82, 2.24) is 9.55 Å². The fraction of sp³-hybridized carbons (Fsp3) is 0.241. The van der Waals surface area contributed by atoms with Crippen molar-refractivity contribution in [3.05, 3.63) is 93.0 Å². The van der Waals surface area contributed by atoms with Gasteiger partial charge in [-0.25, -0.2) is 9.37 Å². The number of carbonyl (C=O) groups excluding carboxylic acids is 1. The number of carboxylic acid groups (broad SMARTS) is 1. The third kappa shape index (κ3) is 7.04. The molecule has 0 aliphatic heterocycles. The molecular formula is C29H27ClFN3O4S. The van der Waals surface area contributed by atoms with Gasteiger partial charge in [0.15, 0.2) is 5.16 Å². The second-order valence-corrected chi connectivity index (χ2v) is 10.4. The summed E-state index contributed by atoms with van der Waals surface area (Å²) in [6.45, 7) is -0.250.